The van der Waals surface area contributed by atoms with Gasteiger partial charge in [-0.05, 0) is 18.2 Å². The van der Waals surface area contributed by atoms with E-state index >= 15 is 0 Å². The number of aromatic nitrogens is 3. The number of nitrogens with zero attached hydrogens (tertiary/aromatic N) is 2. The highest BCUT2D eigenvalue weighted by Crippen LogP contribution is 2.48. The number of hydrogen-bond donors (Lipinski definition) is 2. The van der Waals surface area contributed by atoms with Crippen LogP contribution in [0.5, 0.6) is 11.8 Å². The van der Waals surface area contributed by atoms with Gasteiger partial charge in [0.15, 0.2) is 0 Å². The summed E-state index contributed by atoms with van der Waals surface area (Å²) in [5, 5.41) is 16.6. The molecule has 1 atom stereocenters. The first-order chi connectivity index (χ1) is 12.5. The fourth-order valence-corrected chi connectivity index (χ4v) is 3.22. The number of fused-ring (bicyclic) bond motifs is 5. The number of nitrogens with one attached hydrogen (secondary N) is 1. The molecule has 130 valence electrons. The molecule has 4 aromatic rings. The van der Waals surface area contributed by atoms with Crippen LogP contribution in [-0.4, -0.2) is 20.3 Å². The molecule has 6 nitrogen and oxygen atoms in total. The number of aromatic hydroxyl groups is 1. The highest BCUT2D eigenvalue weighted by atomic mass is 19.1. The van der Waals surface area contributed by atoms with Crippen LogP contribution in [0.2, 0.25) is 0 Å². The fraction of sp³-hybridized carbons (Fsp3) is 0.0588. The van der Waals surface area contributed by atoms with Gasteiger partial charge in [0.2, 0.25) is 6.10 Å². The Balaban J connectivity index is 1.87. The van der Waals surface area contributed by atoms with Crippen molar-refractivity contribution in [3.63, 3.8) is 0 Å². The van der Waals surface area contributed by atoms with Crippen molar-refractivity contribution in [3.8, 4) is 23.1 Å². The molecule has 5 rings (SSSR count). The van der Waals surface area contributed by atoms with Gasteiger partial charge in [-0.25, -0.2) is 13.2 Å². The SMILES string of the molecule is Oc1nnc([C@H]2Oc3cc(F)ccc3-c3[nH]c4c(F)cc(F)cc4c32)o1. The lowest BCUT2D eigenvalue weighted by molar-refractivity contribution is 0.192. The van der Waals surface area contributed by atoms with E-state index in [1.807, 2.05) is 0 Å². The van der Waals surface area contributed by atoms with Crippen LogP contribution in [-0.2, 0) is 0 Å². The Kier molecular flexibility index (Phi) is 2.85. The van der Waals surface area contributed by atoms with Crippen LogP contribution in [0.3, 0.4) is 0 Å². The van der Waals surface area contributed by atoms with E-state index in [0.717, 1.165) is 18.2 Å². The molecule has 1 aliphatic heterocycles. The Hall–Kier alpha value is -3.49. The highest BCUT2D eigenvalue weighted by molar-refractivity contribution is 5.94. The lowest BCUT2D eigenvalue weighted by Gasteiger charge is -2.24. The summed E-state index contributed by atoms with van der Waals surface area (Å²) in [6.45, 7) is 0. The Morgan fingerprint density at radius 3 is 2.65 bits per heavy atom. The minimum absolute atomic E-state index is 0.0610. The smallest absolute Gasteiger partial charge is 0.412 e. The molecule has 0 unspecified atom stereocenters. The summed E-state index contributed by atoms with van der Waals surface area (Å²) in [7, 11) is 0. The second-order valence-electron chi connectivity index (χ2n) is 5.79. The van der Waals surface area contributed by atoms with Gasteiger partial charge >= 0.3 is 6.08 Å². The molecule has 9 heteroatoms. The molecule has 0 radical (unpaired) electrons. The van der Waals surface area contributed by atoms with Crippen LogP contribution in [0.1, 0.15) is 17.6 Å². The van der Waals surface area contributed by atoms with E-state index in [1.54, 1.807) is 0 Å². The van der Waals surface area contributed by atoms with Crippen LogP contribution in [0.15, 0.2) is 34.7 Å². The van der Waals surface area contributed by atoms with E-state index in [4.69, 9.17) is 9.15 Å². The molecule has 2 N–H and O–H groups in total. The van der Waals surface area contributed by atoms with Gasteiger partial charge in [0.05, 0.1) is 11.2 Å². The normalized spacial score (nSPS) is 15.6. The molecule has 2 aromatic carbocycles. The van der Waals surface area contributed by atoms with E-state index in [0.29, 0.717) is 16.8 Å². The van der Waals surface area contributed by atoms with Gasteiger partial charge in [-0.1, -0.05) is 5.10 Å². The number of aromatic amines is 1. The second-order valence-corrected chi connectivity index (χ2v) is 5.79. The van der Waals surface area contributed by atoms with Crippen LogP contribution in [0.4, 0.5) is 13.2 Å². The Morgan fingerprint density at radius 1 is 1.04 bits per heavy atom. The number of hydrogen-bond acceptors (Lipinski definition) is 5. The molecule has 3 heterocycles. The summed E-state index contributed by atoms with van der Waals surface area (Å²) in [6.07, 6.45) is -1.77. The Morgan fingerprint density at radius 2 is 1.88 bits per heavy atom. The van der Waals surface area contributed by atoms with Crippen molar-refractivity contribution < 1.29 is 27.4 Å². The standard InChI is InChI=1S/C17H8F3N3O3/c18-6-1-2-8-11(5-6)25-15(16-22-23-17(24)26-16)12-9-3-7(19)4-10(20)13(9)21-14(8)12/h1-5,15,21H,(H,23,24)/t15-/m0/s1. The van der Waals surface area contributed by atoms with Gasteiger partial charge in [-0.3, -0.25) is 0 Å². The van der Waals surface area contributed by atoms with Crippen molar-refractivity contribution in [2.75, 3.05) is 0 Å². The Bertz CT molecular complexity index is 1180. The van der Waals surface area contributed by atoms with Crippen molar-refractivity contribution in [1.29, 1.82) is 0 Å². The highest BCUT2D eigenvalue weighted by Gasteiger charge is 2.35. The zero-order chi connectivity index (χ0) is 18.0. The van der Waals surface area contributed by atoms with Crippen molar-refractivity contribution >= 4 is 10.9 Å². The van der Waals surface area contributed by atoms with Gasteiger partial charge in [-0.2, -0.15) is 0 Å². The summed E-state index contributed by atoms with van der Waals surface area (Å²) in [5.41, 5.74) is 1.29. The van der Waals surface area contributed by atoms with Gasteiger partial charge < -0.3 is 19.2 Å². The van der Waals surface area contributed by atoms with Gasteiger partial charge in [0, 0.05) is 28.6 Å². The third kappa shape index (κ3) is 2.00. The molecule has 0 amide bonds. The second kappa shape index (κ2) is 5.01. The fourth-order valence-electron chi connectivity index (χ4n) is 3.22. The topological polar surface area (TPSA) is 84.2 Å². The molecule has 2 aromatic heterocycles. The van der Waals surface area contributed by atoms with Crippen LogP contribution >= 0.6 is 0 Å². The summed E-state index contributed by atoms with van der Waals surface area (Å²) in [5.74, 6) is -2.07. The maximum absolute atomic E-state index is 14.2. The van der Waals surface area contributed by atoms with Crippen LogP contribution in [0.25, 0.3) is 22.2 Å². The van der Waals surface area contributed by atoms with Crippen LogP contribution in [0, 0.1) is 17.5 Å². The molecule has 0 bridgehead atoms. The number of ether oxygens (including phenoxy) is 1. The molecule has 1 aliphatic rings. The van der Waals surface area contributed by atoms with Crippen molar-refractivity contribution in [3.05, 3.63) is 59.2 Å². The first-order valence-electron chi connectivity index (χ1n) is 7.51. The summed E-state index contributed by atoms with van der Waals surface area (Å²) in [4.78, 5) is 2.90. The summed E-state index contributed by atoms with van der Waals surface area (Å²) in [6, 6.07) is 5.75. The lowest BCUT2D eigenvalue weighted by atomic mass is 9.97. The predicted molar refractivity (Wildman–Crippen MR) is 82.0 cm³/mol. The zero-order valence-electron chi connectivity index (χ0n) is 12.8. The molecule has 0 aliphatic carbocycles. The number of rotatable bonds is 1. The van der Waals surface area contributed by atoms with Gasteiger partial charge in [0.1, 0.15) is 23.2 Å². The molecule has 0 saturated carbocycles. The average molecular weight is 359 g/mol. The molecular weight excluding hydrogens is 351 g/mol. The average Bonchev–Trinajstić information content (AvgIpc) is 3.18. The largest absolute Gasteiger partial charge is 0.475 e. The molecule has 0 spiro atoms. The van der Waals surface area contributed by atoms with Crippen molar-refractivity contribution in [2.45, 2.75) is 6.10 Å². The van der Waals surface area contributed by atoms with Crippen molar-refractivity contribution in [2.24, 2.45) is 0 Å². The van der Waals surface area contributed by atoms with E-state index in [9.17, 15) is 18.3 Å². The quantitative estimate of drug-likeness (QED) is 0.540. The monoisotopic (exact) mass is 359 g/mol. The first kappa shape index (κ1) is 14.8. The van der Waals surface area contributed by atoms with E-state index in [1.165, 1.54) is 12.1 Å². The van der Waals surface area contributed by atoms with Crippen LogP contribution < -0.4 is 4.74 Å². The van der Waals surface area contributed by atoms with E-state index < -0.39 is 29.6 Å². The lowest BCUT2D eigenvalue weighted by Crippen LogP contribution is -2.15. The maximum atomic E-state index is 14.2. The maximum Gasteiger partial charge on any atom is 0.412 e. The number of halogens is 3. The third-order valence-corrected chi connectivity index (χ3v) is 4.24. The number of H-pyrrole nitrogens is 1. The van der Waals surface area contributed by atoms with E-state index in [2.05, 4.69) is 15.2 Å². The molecule has 0 saturated heterocycles. The van der Waals surface area contributed by atoms with Crippen molar-refractivity contribution in [1.82, 2.24) is 15.2 Å². The molecule has 0 fully saturated rings. The summed E-state index contributed by atoms with van der Waals surface area (Å²) < 4.78 is 52.5. The molecular formula is C17H8F3N3O3. The molecule has 26 heavy (non-hydrogen) atoms. The first-order valence-corrected chi connectivity index (χ1v) is 7.51. The summed E-state index contributed by atoms with van der Waals surface area (Å²) >= 11 is 0. The minimum Gasteiger partial charge on any atom is -0.475 e. The predicted octanol–water partition coefficient (Wildman–Crippen LogP) is 3.82. The minimum atomic E-state index is -1.08. The zero-order valence-corrected chi connectivity index (χ0v) is 12.8. The van der Waals surface area contributed by atoms with Gasteiger partial charge in [-0.15, -0.1) is 5.10 Å². The van der Waals surface area contributed by atoms with Gasteiger partial charge in [0.25, 0.3) is 5.89 Å². The van der Waals surface area contributed by atoms with E-state index in [-0.39, 0.29) is 22.5 Å². The Labute approximate surface area is 142 Å². The number of benzene rings is 2. The third-order valence-electron chi connectivity index (χ3n) is 4.24.